The fourth-order valence-electron chi connectivity index (χ4n) is 3.60. The first-order valence-corrected chi connectivity index (χ1v) is 10.6. The molecule has 7 heteroatoms. The first-order valence-electron chi connectivity index (χ1n) is 10.6. The molecule has 0 spiro atoms. The van der Waals surface area contributed by atoms with Gasteiger partial charge in [-0.25, -0.2) is 0 Å². The van der Waals surface area contributed by atoms with Gasteiger partial charge in [0, 0.05) is 12.6 Å². The Bertz CT molecular complexity index is 884. The molecular weight excluding hydrogens is 408 g/mol. The zero-order valence-electron chi connectivity index (χ0n) is 19.8. The van der Waals surface area contributed by atoms with Crippen LogP contribution in [0.1, 0.15) is 31.0 Å². The number of nitrogens with zero attached hydrogens (tertiary/aromatic N) is 1. The van der Waals surface area contributed by atoms with Crippen LogP contribution in [0.3, 0.4) is 0 Å². The number of ether oxygens (including phenoxy) is 4. The topological polar surface area (TPSA) is 69.3 Å². The molecule has 2 aromatic rings. The third-order valence-corrected chi connectivity index (χ3v) is 5.32. The highest BCUT2D eigenvalue weighted by atomic mass is 16.5. The monoisotopic (exact) mass is 442 g/mol. The number of benzene rings is 2. The molecule has 174 valence electrons. The van der Waals surface area contributed by atoms with E-state index in [1.165, 1.54) is 6.08 Å². The van der Waals surface area contributed by atoms with Gasteiger partial charge in [-0.2, -0.15) is 0 Å². The van der Waals surface area contributed by atoms with Crippen LogP contribution >= 0.6 is 0 Å². The van der Waals surface area contributed by atoms with Crippen molar-refractivity contribution in [1.82, 2.24) is 10.2 Å². The Morgan fingerprint density at radius 1 is 0.969 bits per heavy atom. The number of hydrogen-bond acceptors (Lipinski definition) is 6. The van der Waals surface area contributed by atoms with Crippen molar-refractivity contribution >= 4 is 12.0 Å². The van der Waals surface area contributed by atoms with Gasteiger partial charge in [0.25, 0.3) is 0 Å². The zero-order valence-corrected chi connectivity index (χ0v) is 19.8. The Kier molecular flexibility index (Phi) is 9.88. The lowest BCUT2D eigenvalue weighted by Gasteiger charge is -2.30. The molecule has 1 N–H and O–H groups in total. The molecule has 32 heavy (non-hydrogen) atoms. The lowest BCUT2D eigenvalue weighted by atomic mass is 10.0. The predicted molar refractivity (Wildman–Crippen MR) is 127 cm³/mol. The van der Waals surface area contributed by atoms with E-state index in [0.717, 1.165) is 30.0 Å². The summed E-state index contributed by atoms with van der Waals surface area (Å²) in [7, 11) is 6.33. The quantitative estimate of drug-likeness (QED) is 0.502. The molecule has 0 aliphatic carbocycles. The van der Waals surface area contributed by atoms with Gasteiger partial charge >= 0.3 is 0 Å². The van der Waals surface area contributed by atoms with Gasteiger partial charge in [-0.1, -0.05) is 26.0 Å². The zero-order chi connectivity index (χ0) is 23.5. The number of carbonyl (C=O) groups is 1. The first kappa shape index (κ1) is 25.1. The van der Waals surface area contributed by atoms with E-state index in [4.69, 9.17) is 18.9 Å². The molecule has 0 aliphatic rings. The van der Waals surface area contributed by atoms with E-state index in [2.05, 4.69) is 30.1 Å². The summed E-state index contributed by atoms with van der Waals surface area (Å²) in [5, 5.41) is 3.02. The van der Waals surface area contributed by atoms with E-state index in [1.807, 2.05) is 18.2 Å². The number of rotatable bonds is 12. The van der Waals surface area contributed by atoms with E-state index in [0.29, 0.717) is 23.8 Å². The molecular formula is C25H34N2O5. The molecule has 0 saturated carbocycles. The molecule has 0 fully saturated rings. The van der Waals surface area contributed by atoms with Gasteiger partial charge in [0.05, 0.1) is 34.5 Å². The van der Waals surface area contributed by atoms with Crippen LogP contribution in [0.15, 0.2) is 42.5 Å². The lowest BCUT2D eigenvalue weighted by molar-refractivity contribution is -0.116. The van der Waals surface area contributed by atoms with Crippen molar-refractivity contribution < 1.29 is 23.7 Å². The Hall–Kier alpha value is -3.19. The standard InChI is InChI=1S/C25H34N2O5/c1-7-27(8-2)21(19-10-9-11-20(16-19)29-3)17-26-24(28)13-12-18-14-22(30-4)25(32-6)23(15-18)31-5/h9-16,21H,7-8,17H2,1-6H3,(H,26,28)/b13-12+. The van der Waals surface area contributed by atoms with Gasteiger partial charge in [0.2, 0.25) is 11.7 Å². The number of nitrogens with one attached hydrogen (secondary N) is 1. The highest BCUT2D eigenvalue weighted by Crippen LogP contribution is 2.38. The van der Waals surface area contributed by atoms with E-state index in [-0.39, 0.29) is 11.9 Å². The molecule has 1 atom stereocenters. The SMILES string of the molecule is CCN(CC)C(CNC(=O)/C=C/c1cc(OC)c(OC)c(OC)c1)c1cccc(OC)c1. The summed E-state index contributed by atoms with van der Waals surface area (Å²) in [5.41, 5.74) is 1.87. The molecule has 0 heterocycles. The van der Waals surface area contributed by atoms with Crippen LogP contribution in [0, 0.1) is 0 Å². The summed E-state index contributed by atoms with van der Waals surface area (Å²) in [6.07, 6.45) is 3.23. The maximum absolute atomic E-state index is 12.6. The van der Waals surface area contributed by atoms with Crippen LogP contribution in [0.25, 0.3) is 6.08 Å². The predicted octanol–water partition coefficient (Wildman–Crippen LogP) is 3.93. The second-order valence-electron chi connectivity index (χ2n) is 7.05. The van der Waals surface area contributed by atoms with Crippen LogP contribution in [0.5, 0.6) is 23.0 Å². The van der Waals surface area contributed by atoms with Crippen molar-refractivity contribution in [3.63, 3.8) is 0 Å². The van der Waals surface area contributed by atoms with Crippen molar-refractivity contribution in [3.05, 3.63) is 53.6 Å². The third kappa shape index (κ3) is 6.40. The lowest BCUT2D eigenvalue weighted by Crippen LogP contribution is -2.37. The minimum absolute atomic E-state index is 0.0404. The summed E-state index contributed by atoms with van der Waals surface area (Å²) in [5.74, 6) is 2.20. The summed E-state index contributed by atoms with van der Waals surface area (Å²) in [4.78, 5) is 14.9. The Morgan fingerprint density at radius 2 is 1.62 bits per heavy atom. The fourth-order valence-corrected chi connectivity index (χ4v) is 3.60. The van der Waals surface area contributed by atoms with Crippen molar-refractivity contribution in [2.45, 2.75) is 19.9 Å². The minimum Gasteiger partial charge on any atom is -0.497 e. The molecule has 0 aliphatic heterocycles. The van der Waals surface area contributed by atoms with E-state index in [9.17, 15) is 4.79 Å². The maximum Gasteiger partial charge on any atom is 0.244 e. The Balaban J connectivity index is 2.15. The Labute approximate surface area is 190 Å². The summed E-state index contributed by atoms with van der Waals surface area (Å²) in [6.45, 7) is 6.45. The second kappa shape index (κ2) is 12.6. The number of hydrogen-bond donors (Lipinski definition) is 1. The molecule has 0 aromatic heterocycles. The first-order chi connectivity index (χ1) is 15.5. The molecule has 0 saturated heterocycles. The second-order valence-corrected chi connectivity index (χ2v) is 7.05. The largest absolute Gasteiger partial charge is 0.497 e. The normalized spacial score (nSPS) is 12.0. The summed E-state index contributed by atoms with van der Waals surface area (Å²) in [6, 6.07) is 11.6. The van der Waals surface area contributed by atoms with E-state index in [1.54, 1.807) is 46.6 Å². The summed E-state index contributed by atoms with van der Waals surface area (Å²) >= 11 is 0. The minimum atomic E-state index is -0.182. The average Bonchev–Trinajstić information content (AvgIpc) is 2.84. The molecule has 1 amide bonds. The van der Waals surface area contributed by atoms with Crippen LogP contribution in [0.2, 0.25) is 0 Å². The van der Waals surface area contributed by atoms with Gasteiger partial charge in [-0.05, 0) is 54.6 Å². The van der Waals surface area contributed by atoms with Crippen LogP contribution in [-0.4, -0.2) is 58.9 Å². The molecule has 1 unspecified atom stereocenters. The van der Waals surface area contributed by atoms with Crippen LogP contribution < -0.4 is 24.3 Å². The van der Waals surface area contributed by atoms with Crippen LogP contribution in [-0.2, 0) is 4.79 Å². The number of likely N-dealkylation sites (N-methyl/N-ethyl adjacent to an activating group) is 1. The van der Waals surface area contributed by atoms with Crippen molar-refractivity contribution in [3.8, 4) is 23.0 Å². The van der Waals surface area contributed by atoms with Gasteiger partial charge in [0.15, 0.2) is 11.5 Å². The molecule has 0 bridgehead atoms. The number of amides is 1. The van der Waals surface area contributed by atoms with Crippen molar-refractivity contribution in [2.24, 2.45) is 0 Å². The number of carbonyl (C=O) groups excluding carboxylic acids is 1. The van der Waals surface area contributed by atoms with E-state index < -0.39 is 0 Å². The van der Waals surface area contributed by atoms with Gasteiger partial charge in [0.1, 0.15) is 5.75 Å². The fraction of sp³-hybridized carbons (Fsp3) is 0.400. The van der Waals surface area contributed by atoms with Crippen LogP contribution in [0.4, 0.5) is 0 Å². The number of methoxy groups -OCH3 is 4. The highest BCUT2D eigenvalue weighted by Gasteiger charge is 2.19. The smallest absolute Gasteiger partial charge is 0.244 e. The van der Waals surface area contributed by atoms with Gasteiger partial charge in [-0.15, -0.1) is 0 Å². The van der Waals surface area contributed by atoms with Gasteiger partial charge < -0.3 is 24.3 Å². The van der Waals surface area contributed by atoms with Crippen molar-refractivity contribution in [2.75, 3.05) is 48.1 Å². The molecule has 0 radical (unpaired) electrons. The average molecular weight is 443 g/mol. The molecule has 7 nitrogen and oxygen atoms in total. The van der Waals surface area contributed by atoms with E-state index >= 15 is 0 Å². The molecule has 2 rings (SSSR count). The third-order valence-electron chi connectivity index (χ3n) is 5.32. The highest BCUT2D eigenvalue weighted by molar-refractivity contribution is 5.92. The molecule has 2 aromatic carbocycles. The van der Waals surface area contributed by atoms with Gasteiger partial charge in [-0.3, -0.25) is 9.69 Å². The summed E-state index contributed by atoms with van der Waals surface area (Å²) < 4.78 is 21.4. The Morgan fingerprint density at radius 3 is 2.16 bits per heavy atom. The maximum atomic E-state index is 12.6. The van der Waals surface area contributed by atoms with Crippen molar-refractivity contribution in [1.29, 1.82) is 0 Å².